The highest BCUT2D eigenvalue weighted by Crippen LogP contribution is 2.23. The van der Waals surface area contributed by atoms with Crippen molar-refractivity contribution < 1.29 is 4.79 Å². The lowest BCUT2D eigenvalue weighted by Gasteiger charge is -2.13. The second-order valence-electron chi connectivity index (χ2n) is 6.30. The summed E-state index contributed by atoms with van der Waals surface area (Å²) < 4.78 is 0. The number of nitrogens with one attached hydrogen (secondary N) is 1. The molecular formula is C19H21N5O. The Labute approximate surface area is 146 Å². The predicted octanol–water partition coefficient (Wildman–Crippen LogP) is 3.41. The maximum absolute atomic E-state index is 12.3. The number of benzene rings is 2. The molecule has 3 aromatic rings. The van der Waals surface area contributed by atoms with Gasteiger partial charge in [0.1, 0.15) is 6.54 Å². The van der Waals surface area contributed by atoms with Crippen LogP contribution in [0.4, 0.5) is 5.69 Å². The first-order valence-electron chi connectivity index (χ1n) is 8.26. The van der Waals surface area contributed by atoms with Crippen molar-refractivity contribution in [2.45, 2.75) is 33.2 Å². The lowest BCUT2D eigenvalue weighted by molar-refractivity contribution is -0.117. The van der Waals surface area contributed by atoms with E-state index < -0.39 is 0 Å². The zero-order valence-electron chi connectivity index (χ0n) is 14.6. The Bertz CT molecular complexity index is 868. The van der Waals surface area contributed by atoms with Crippen LogP contribution >= 0.6 is 0 Å². The Hall–Kier alpha value is -3.02. The van der Waals surface area contributed by atoms with E-state index in [0.29, 0.717) is 11.7 Å². The molecule has 0 fully saturated rings. The third-order valence-corrected chi connectivity index (χ3v) is 3.90. The van der Waals surface area contributed by atoms with Crippen molar-refractivity contribution in [1.82, 2.24) is 20.2 Å². The van der Waals surface area contributed by atoms with Crippen molar-refractivity contribution in [1.29, 1.82) is 0 Å². The summed E-state index contributed by atoms with van der Waals surface area (Å²) in [5.74, 6) is 0.658. The van der Waals surface area contributed by atoms with Gasteiger partial charge in [-0.25, -0.2) is 0 Å². The van der Waals surface area contributed by atoms with E-state index in [-0.39, 0.29) is 12.5 Å². The molecule has 0 aliphatic rings. The van der Waals surface area contributed by atoms with E-state index in [0.717, 1.165) is 16.8 Å². The van der Waals surface area contributed by atoms with Crippen molar-refractivity contribution in [2.75, 3.05) is 5.32 Å². The largest absolute Gasteiger partial charge is 0.324 e. The SMILES string of the molecule is Cc1ccc(-c2nnn(CC(=O)Nc3ccccc3C(C)C)n2)cc1. The number of rotatable bonds is 5. The van der Waals surface area contributed by atoms with E-state index in [1.807, 2.05) is 55.5 Å². The van der Waals surface area contributed by atoms with Crippen molar-refractivity contribution >= 4 is 11.6 Å². The van der Waals surface area contributed by atoms with Gasteiger partial charge in [-0.15, -0.1) is 10.2 Å². The second-order valence-corrected chi connectivity index (χ2v) is 6.30. The molecule has 128 valence electrons. The summed E-state index contributed by atoms with van der Waals surface area (Å²) in [6, 6.07) is 15.7. The van der Waals surface area contributed by atoms with E-state index in [1.54, 1.807) is 0 Å². The fraction of sp³-hybridized carbons (Fsp3) is 0.263. The molecule has 1 N–H and O–H groups in total. The Morgan fingerprint density at radius 2 is 1.84 bits per heavy atom. The monoisotopic (exact) mass is 335 g/mol. The molecule has 6 nitrogen and oxygen atoms in total. The molecule has 2 aromatic carbocycles. The van der Waals surface area contributed by atoms with E-state index >= 15 is 0 Å². The number of aromatic nitrogens is 4. The molecule has 3 rings (SSSR count). The predicted molar refractivity (Wildman–Crippen MR) is 97.2 cm³/mol. The third kappa shape index (κ3) is 4.09. The number of tetrazole rings is 1. The highest BCUT2D eigenvalue weighted by Gasteiger charge is 2.12. The minimum Gasteiger partial charge on any atom is -0.324 e. The van der Waals surface area contributed by atoms with Crippen LogP contribution in [0.3, 0.4) is 0 Å². The molecule has 0 aliphatic carbocycles. The Morgan fingerprint density at radius 3 is 2.56 bits per heavy atom. The first-order chi connectivity index (χ1) is 12.0. The van der Waals surface area contributed by atoms with Crippen LogP contribution in [-0.2, 0) is 11.3 Å². The number of nitrogens with zero attached hydrogens (tertiary/aromatic N) is 4. The van der Waals surface area contributed by atoms with Crippen LogP contribution in [0.15, 0.2) is 48.5 Å². The van der Waals surface area contributed by atoms with Gasteiger partial charge in [0, 0.05) is 11.3 Å². The van der Waals surface area contributed by atoms with Gasteiger partial charge in [0.25, 0.3) is 0 Å². The van der Waals surface area contributed by atoms with Crippen LogP contribution in [0.5, 0.6) is 0 Å². The molecule has 1 aromatic heterocycles. The first-order valence-corrected chi connectivity index (χ1v) is 8.26. The number of hydrogen-bond donors (Lipinski definition) is 1. The molecule has 0 bridgehead atoms. The summed E-state index contributed by atoms with van der Waals surface area (Å²) in [4.78, 5) is 13.6. The summed E-state index contributed by atoms with van der Waals surface area (Å²) >= 11 is 0. The number of anilines is 1. The maximum atomic E-state index is 12.3. The number of aryl methyl sites for hydroxylation is 1. The second kappa shape index (κ2) is 7.25. The maximum Gasteiger partial charge on any atom is 0.248 e. The van der Waals surface area contributed by atoms with E-state index in [9.17, 15) is 4.79 Å². The third-order valence-electron chi connectivity index (χ3n) is 3.90. The van der Waals surface area contributed by atoms with Gasteiger partial charge < -0.3 is 5.32 Å². The summed E-state index contributed by atoms with van der Waals surface area (Å²) in [7, 11) is 0. The van der Waals surface area contributed by atoms with Crippen molar-refractivity contribution in [2.24, 2.45) is 0 Å². The minimum atomic E-state index is -0.180. The Balaban J connectivity index is 1.69. The van der Waals surface area contributed by atoms with Crippen molar-refractivity contribution in [3.63, 3.8) is 0 Å². The molecule has 0 saturated carbocycles. The summed E-state index contributed by atoms with van der Waals surface area (Å²) in [6.45, 7) is 6.23. The van der Waals surface area contributed by atoms with Gasteiger partial charge in [0.15, 0.2) is 0 Å². The Kier molecular flexibility index (Phi) is 4.88. The van der Waals surface area contributed by atoms with E-state index in [2.05, 4.69) is 34.6 Å². The highest BCUT2D eigenvalue weighted by atomic mass is 16.2. The smallest absolute Gasteiger partial charge is 0.248 e. The fourth-order valence-corrected chi connectivity index (χ4v) is 2.56. The number of carbonyl (C=O) groups excluding carboxylic acids is 1. The number of para-hydroxylation sites is 1. The van der Waals surface area contributed by atoms with Gasteiger partial charge in [-0.2, -0.15) is 4.80 Å². The molecular weight excluding hydrogens is 314 g/mol. The van der Waals surface area contributed by atoms with Crippen LogP contribution in [-0.4, -0.2) is 26.1 Å². The van der Waals surface area contributed by atoms with Crippen molar-refractivity contribution in [3.8, 4) is 11.4 Å². The van der Waals surface area contributed by atoms with Gasteiger partial charge in [0.2, 0.25) is 11.7 Å². The van der Waals surface area contributed by atoms with Gasteiger partial charge in [-0.1, -0.05) is 61.9 Å². The Morgan fingerprint density at radius 1 is 1.12 bits per heavy atom. The average molecular weight is 335 g/mol. The van der Waals surface area contributed by atoms with E-state index in [1.165, 1.54) is 10.4 Å². The molecule has 0 aliphatic heterocycles. The molecule has 0 atom stereocenters. The van der Waals surface area contributed by atoms with Crippen molar-refractivity contribution in [3.05, 3.63) is 59.7 Å². The van der Waals surface area contributed by atoms with Gasteiger partial charge in [-0.05, 0) is 29.7 Å². The lowest BCUT2D eigenvalue weighted by Crippen LogP contribution is -2.21. The number of amides is 1. The summed E-state index contributed by atoms with van der Waals surface area (Å²) in [5, 5.41) is 15.2. The van der Waals surface area contributed by atoms with Gasteiger partial charge >= 0.3 is 0 Å². The van der Waals surface area contributed by atoms with Gasteiger partial charge in [0.05, 0.1) is 0 Å². The molecule has 6 heteroatoms. The molecule has 1 amide bonds. The van der Waals surface area contributed by atoms with Crippen LogP contribution < -0.4 is 5.32 Å². The van der Waals surface area contributed by atoms with Crippen LogP contribution in [0.1, 0.15) is 30.9 Å². The topological polar surface area (TPSA) is 72.7 Å². The molecule has 25 heavy (non-hydrogen) atoms. The first kappa shape index (κ1) is 16.8. The quantitative estimate of drug-likeness (QED) is 0.775. The van der Waals surface area contributed by atoms with Crippen LogP contribution in [0, 0.1) is 6.92 Å². The van der Waals surface area contributed by atoms with Crippen LogP contribution in [0.25, 0.3) is 11.4 Å². The molecule has 0 radical (unpaired) electrons. The number of hydrogen-bond acceptors (Lipinski definition) is 4. The molecule has 1 heterocycles. The summed E-state index contributed by atoms with van der Waals surface area (Å²) in [5.41, 5.74) is 3.96. The number of carbonyl (C=O) groups is 1. The molecule has 0 unspecified atom stereocenters. The highest BCUT2D eigenvalue weighted by molar-refractivity contribution is 5.91. The average Bonchev–Trinajstić information content (AvgIpc) is 3.04. The minimum absolute atomic E-state index is 0.0191. The zero-order valence-corrected chi connectivity index (χ0v) is 14.6. The van der Waals surface area contributed by atoms with Crippen LogP contribution in [0.2, 0.25) is 0 Å². The fourth-order valence-electron chi connectivity index (χ4n) is 2.56. The lowest BCUT2D eigenvalue weighted by atomic mass is 10.0. The van der Waals surface area contributed by atoms with E-state index in [4.69, 9.17) is 0 Å². The zero-order chi connectivity index (χ0) is 17.8. The molecule has 0 spiro atoms. The molecule has 0 saturated heterocycles. The normalized spacial score (nSPS) is 10.9. The van der Waals surface area contributed by atoms with Gasteiger partial charge in [-0.3, -0.25) is 4.79 Å². The summed E-state index contributed by atoms with van der Waals surface area (Å²) in [6.07, 6.45) is 0. The standard InChI is InChI=1S/C19H21N5O/c1-13(2)16-6-4-5-7-17(16)20-18(25)12-24-22-19(21-23-24)15-10-8-14(3)9-11-15/h4-11,13H,12H2,1-3H3,(H,20,25).